The Morgan fingerprint density at radius 2 is 2.03 bits per heavy atom. The molecule has 1 spiro atoms. The second kappa shape index (κ2) is 8.96. The van der Waals surface area contributed by atoms with Gasteiger partial charge in [0, 0.05) is 55.2 Å². The van der Waals surface area contributed by atoms with Gasteiger partial charge in [-0.25, -0.2) is 9.78 Å². The molecule has 190 valence electrons. The number of amides is 2. The van der Waals surface area contributed by atoms with Crippen LogP contribution < -0.4 is 16.0 Å². The molecule has 1 aromatic carbocycles. The van der Waals surface area contributed by atoms with Crippen molar-refractivity contribution in [3.05, 3.63) is 35.5 Å². The largest absolute Gasteiger partial charge is 0.453 e. The summed E-state index contributed by atoms with van der Waals surface area (Å²) >= 11 is 0. The van der Waals surface area contributed by atoms with E-state index in [2.05, 4.69) is 33.4 Å². The molecular weight excluding hydrogens is 456 g/mol. The van der Waals surface area contributed by atoms with Crippen molar-refractivity contribution in [2.24, 2.45) is 11.1 Å². The topological polar surface area (TPSA) is 117 Å². The van der Waals surface area contributed by atoms with Crippen LogP contribution in [0.15, 0.2) is 24.4 Å². The lowest BCUT2D eigenvalue weighted by Crippen LogP contribution is -2.45. The van der Waals surface area contributed by atoms with E-state index >= 15 is 0 Å². The van der Waals surface area contributed by atoms with Crippen molar-refractivity contribution in [2.45, 2.75) is 38.0 Å². The Bertz CT molecular complexity index is 1320. The number of hydrogen-bond donors (Lipinski definition) is 3. The fourth-order valence-electron chi connectivity index (χ4n) is 6.64. The van der Waals surface area contributed by atoms with Gasteiger partial charge in [0.25, 0.3) is 5.91 Å². The van der Waals surface area contributed by atoms with Crippen molar-refractivity contribution in [2.75, 3.05) is 51.3 Å². The van der Waals surface area contributed by atoms with Crippen LogP contribution in [-0.4, -0.2) is 73.2 Å². The van der Waals surface area contributed by atoms with E-state index < -0.39 is 5.91 Å². The number of aromatic amines is 1. The Labute approximate surface area is 210 Å². The summed E-state index contributed by atoms with van der Waals surface area (Å²) in [4.78, 5) is 36.7. The quantitative estimate of drug-likeness (QED) is 0.519. The second-order valence-electron chi connectivity index (χ2n) is 10.7. The van der Waals surface area contributed by atoms with Crippen molar-refractivity contribution < 1.29 is 14.3 Å². The Balaban J connectivity index is 1.38. The number of aromatic nitrogens is 2. The number of nitrogens with zero attached hydrogens (tertiary/aromatic N) is 3. The van der Waals surface area contributed by atoms with Crippen LogP contribution in [0.3, 0.4) is 0 Å². The number of carbonyl (C=O) groups is 2. The number of anilines is 1. The van der Waals surface area contributed by atoms with Crippen LogP contribution in [0, 0.1) is 5.41 Å². The molecule has 36 heavy (non-hydrogen) atoms. The number of methoxy groups -OCH3 is 1. The average Bonchev–Trinajstić information content (AvgIpc) is 3.51. The third-order valence-electron chi connectivity index (χ3n) is 8.59. The Morgan fingerprint density at radius 1 is 1.19 bits per heavy atom. The molecule has 4 N–H and O–H groups in total. The highest BCUT2D eigenvalue weighted by Crippen LogP contribution is 2.41. The van der Waals surface area contributed by atoms with Gasteiger partial charge in [0.15, 0.2) is 0 Å². The minimum atomic E-state index is -0.476. The van der Waals surface area contributed by atoms with E-state index in [9.17, 15) is 9.59 Å². The molecule has 3 aliphatic rings. The van der Waals surface area contributed by atoms with Crippen LogP contribution in [0.2, 0.25) is 0 Å². The number of benzene rings is 1. The number of nitrogens with one attached hydrogen (secondary N) is 2. The first-order valence-electron chi connectivity index (χ1n) is 13.0. The van der Waals surface area contributed by atoms with E-state index in [0.717, 1.165) is 73.1 Å². The number of carbonyl (C=O) groups excluding carboxylic acids is 2. The monoisotopic (exact) mass is 490 g/mol. The van der Waals surface area contributed by atoms with Gasteiger partial charge in [-0.1, -0.05) is 12.1 Å². The lowest BCUT2D eigenvalue weighted by atomic mass is 9.79. The predicted molar refractivity (Wildman–Crippen MR) is 139 cm³/mol. The fraction of sp³-hybridized carbons (Fsp3) is 0.519. The van der Waals surface area contributed by atoms with Crippen LogP contribution >= 0.6 is 0 Å². The number of fused-ring (bicyclic) bond motifs is 3. The SMILES string of the molecule is COC(=O)N1CCC(c2ccc3c(c2)[nH]c2c(C(N)=O)cnc(N4CCCC5(CCNC5)C4)c23)CC1. The molecule has 0 radical (unpaired) electrons. The number of primary amides is 1. The Kier molecular flexibility index (Phi) is 5.75. The van der Waals surface area contributed by atoms with Gasteiger partial charge in [0.2, 0.25) is 0 Å². The van der Waals surface area contributed by atoms with Crippen molar-refractivity contribution in [1.82, 2.24) is 20.2 Å². The summed E-state index contributed by atoms with van der Waals surface area (Å²) in [5.41, 5.74) is 9.48. The van der Waals surface area contributed by atoms with Gasteiger partial charge in [-0.2, -0.15) is 0 Å². The summed E-state index contributed by atoms with van der Waals surface area (Å²) in [5, 5.41) is 5.60. The maximum atomic E-state index is 12.3. The fourth-order valence-corrected chi connectivity index (χ4v) is 6.64. The minimum Gasteiger partial charge on any atom is -0.453 e. The van der Waals surface area contributed by atoms with E-state index in [1.807, 2.05) is 0 Å². The molecule has 5 heterocycles. The van der Waals surface area contributed by atoms with Crippen LogP contribution in [0.5, 0.6) is 0 Å². The predicted octanol–water partition coefficient (Wildman–Crippen LogP) is 3.34. The number of hydrogen-bond acceptors (Lipinski definition) is 6. The van der Waals surface area contributed by atoms with Gasteiger partial charge in [-0.15, -0.1) is 0 Å². The standard InChI is InChI=1S/C27H34N6O3/c1-36-26(35)32-11-5-17(6-12-32)18-3-4-19-21(13-18)31-23-20(24(28)34)14-30-25(22(19)23)33-10-2-7-27(16-33)8-9-29-15-27/h3-4,13-14,17,29,31H,2,5-12,15-16H2,1H3,(H2,28,34). The Hall–Kier alpha value is -3.33. The molecule has 1 atom stereocenters. The summed E-state index contributed by atoms with van der Waals surface area (Å²) in [7, 11) is 1.43. The first-order valence-corrected chi connectivity index (χ1v) is 13.0. The second-order valence-corrected chi connectivity index (χ2v) is 10.7. The molecule has 3 fully saturated rings. The first kappa shape index (κ1) is 23.1. The summed E-state index contributed by atoms with van der Waals surface area (Å²) in [6, 6.07) is 6.54. The first-order chi connectivity index (χ1) is 17.5. The summed E-state index contributed by atoms with van der Waals surface area (Å²) in [6.07, 6.45) is 6.73. The van der Waals surface area contributed by atoms with Gasteiger partial charge in [-0.3, -0.25) is 4.79 Å². The average molecular weight is 491 g/mol. The summed E-state index contributed by atoms with van der Waals surface area (Å²) in [5.74, 6) is 0.828. The highest BCUT2D eigenvalue weighted by molar-refractivity contribution is 6.18. The van der Waals surface area contributed by atoms with Gasteiger partial charge < -0.3 is 30.6 Å². The zero-order valence-corrected chi connectivity index (χ0v) is 20.8. The number of nitrogens with two attached hydrogens (primary N) is 1. The molecule has 2 amide bonds. The van der Waals surface area contributed by atoms with Crippen LogP contribution in [0.1, 0.15) is 53.9 Å². The zero-order chi connectivity index (χ0) is 24.9. The van der Waals surface area contributed by atoms with Crippen LogP contribution in [0.4, 0.5) is 10.6 Å². The van der Waals surface area contributed by atoms with Gasteiger partial charge >= 0.3 is 6.09 Å². The van der Waals surface area contributed by atoms with E-state index in [1.54, 1.807) is 11.1 Å². The van der Waals surface area contributed by atoms with Gasteiger partial charge in [0.1, 0.15) is 5.82 Å². The number of pyridine rings is 1. The molecular formula is C27H34N6O3. The molecule has 2 aromatic heterocycles. The molecule has 3 aromatic rings. The van der Waals surface area contributed by atoms with Crippen molar-refractivity contribution >= 4 is 39.6 Å². The van der Waals surface area contributed by atoms with Crippen molar-refractivity contribution in [1.29, 1.82) is 0 Å². The molecule has 0 bridgehead atoms. The number of ether oxygens (including phenoxy) is 1. The van der Waals surface area contributed by atoms with Crippen LogP contribution in [0.25, 0.3) is 21.8 Å². The van der Waals surface area contributed by atoms with E-state index in [1.165, 1.54) is 25.5 Å². The zero-order valence-electron chi connectivity index (χ0n) is 20.8. The smallest absolute Gasteiger partial charge is 0.409 e. The molecule has 3 saturated heterocycles. The number of piperidine rings is 2. The van der Waals surface area contributed by atoms with Crippen molar-refractivity contribution in [3.8, 4) is 0 Å². The van der Waals surface area contributed by atoms with E-state index in [-0.39, 0.29) is 6.09 Å². The number of likely N-dealkylation sites (tertiary alicyclic amines) is 1. The number of H-pyrrole nitrogens is 1. The third kappa shape index (κ3) is 3.86. The number of rotatable bonds is 3. The van der Waals surface area contributed by atoms with Gasteiger partial charge in [0.05, 0.1) is 23.6 Å². The summed E-state index contributed by atoms with van der Waals surface area (Å²) < 4.78 is 4.88. The summed E-state index contributed by atoms with van der Waals surface area (Å²) in [6.45, 7) is 5.44. The molecule has 0 saturated carbocycles. The highest BCUT2D eigenvalue weighted by Gasteiger charge is 2.39. The van der Waals surface area contributed by atoms with Gasteiger partial charge in [-0.05, 0) is 56.2 Å². The van der Waals surface area contributed by atoms with E-state index in [0.29, 0.717) is 30.0 Å². The molecule has 0 aliphatic carbocycles. The molecule has 9 heteroatoms. The maximum absolute atomic E-state index is 12.3. The highest BCUT2D eigenvalue weighted by atomic mass is 16.5. The molecule has 6 rings (SSSR count). The van der Waals surface area contributed by atoms with Crippen LogP contribution in [-0.2, 0) is 4.74 Å². The van der Waals surface area contributed by atoms with E-state index in [4.69, 9.17) is 15.5 Å². The molecule has 3 aliphatic heterocycles. The lowest BCUT2D eigenvalue weighted by molar-refractivity contribution is 0.100. The molecule has 9 nitrogen and oxygen atoms in total. The lowest BCUT2D eigenvalue weighted by Gasteiger charge is -2.41. The third-order valence-corrected chi connectivity index (χ3v) is 8.59. The van der Waals surface area contributed by atoms with Crippen molar-refractivity contribution in [3.63, 3.8) is 0 Å². The maximum Gasteiger partial charge on any atom is 0.409 e. The minimum absolute atomic E-state index is 0.258. The normalized spacial score (nSPS) is 23.1. The molecule has 1 unspecified atom stereocenters. The Morgan fingerprint density at radius 3 is 2.75 bits per heavy atom.